The first kappa shape index (κ1) is 23.6. The molecular weight excluding hydrogens is 433 g/mol. The van der Waals surface area contributed by atoms with Crippen molar-refractivity contribution >= 4 is 34.8 Å². The molecule has 1 heterocycles. The molecule has 1 aliphatic heterocycles. The number of ether oxygens (including phenoxy) is 1. The first-order valence-electron chi connectivity index (χ1n) is 10.3. The van der Waals surface area contributed by atoms with Crippen molar-refractivity contribution in [2.24, 2.45) is 0 Å². The van der Waals surface area contributed by atoms with Gasteiger partial charge in [0.05, 0.1) is 18.8 Å². The monoisotopic (exact) mass is 459 g/mol. The maximum absolute atomic E-state index is 13.7. The summed E-state index contributed by atoms with van der Waals surface area (Å²) in [5.74, 6) is -1.54. The minimum Gasteiger partial charge on any atom is -0.379 e. The Kier molecular flexibility index (Phi) is 8.90. The van der Waals surface area contributed by atoms with Gasteiger partial charge < -0.3 is 15.4 Å². The van der Waals surface area contributed by atoms with E-state index in [1.54, 1.807) is 30.3 Å². The third kappa shape index (κ3) is 7.26. The van der Waals surface area contributed by atoms with Gasteiger partial charge in [0, 0.05) is 30.9 Å². The van der Waals surface area contributed by atoms with Crippen LogP contribution in [0, 0.1) is 5.82 Å². The van der Waals surface area contributed by atoms with Gasteiger partial charge in [0.2, 0.25) is 0 Å². The normalized spacial score (nSPS) is 13.8. The summed E-state index contributed by atoms with van der Waals surface area (Å²) in [6, 6.07) is 11.9. The predicted molar refractivity (Wildman–Crippen MR) is 124 cm³/mol. The highest BCUT2D eigenvalue weighted by atomic mass is 32.1. The minimum absolute atomic E-state index is 0.0514. The average molecular weight is 460 g/mol. The molecule has 0 bridgehead atoms. The number of benzene rings is 2. The molecule has 32 heavy (non-hydrogen) atoms. The van der Waals surface area contributed by atoms with Crippen LogP contribution in [0.1, 0.15) is 27.1 Å². The molecule has 3 rings (SSSR count). The zero-order valence-corrected chi connectivity index (χ0v) is 18.3. The van der Waals surface area contributed by atoms with Crippen molar-refractivity contribution in [3.05, 3.63) is 65.5 Å². The number of rotatable bonds is 7. The Morgan fingerprint density at radius 3 is 2.44 bits per heavy atom. The van der Waals surface area contributed by atoms with Crippen LogP contribution in [0.25, 0.3) is 0 Å². The van der Waals surface area contributed by atoms with Gasteiger partial charge in [-0.05, 0) is 61.6 Å². The van der Waals surface area contributed by atoms with Gasteiger partial charge in [-0.15, -0.1) is 0 Å². The van der Waals surface area contributed by atoms with Crippen LogP contribution >= 0.6 is 12.2 Å². The van der Waals surface area contributed by atoms with Gasteiger partial charge in [-0.3, -0.25) is 25.3 Å². The molecule has 1 fully saturated rings. The van der Waals surface area contributed by atoms with Crippen molar-refractivity contribution in [3.63, 3.8) is 0 Å². The Morgan fingerprint density at radius 1 is 1.00 bits per heavy atom. The lowest BCUT2D eigenvalue weighted by Gasteiger charge is -2.26. The number of hydrazine groups is 1. The molecule has 0 radical (unpaired) electrons. The fourth-order valence-corrected chi connectivity index (χ4v) is 3.26. The molecule has 170 valence electrons. The zero-order valence-electron chi connectivity index (χ0n) is 17.5. The molecule has 0 unspecified atom stereocenters. The summed E-state index contributed by atoms with van der Waals surface area (Å²) >= 11 is 5.17. The molecule has 2 amide bonds. The Hall–Kier alpha value is -3.08. The second kappa shape index (κ2) is 12.1. The van der Waals surface area contributed by atoms with Crippen molar-refractivity contribution in [2.75, 3.05) is 44.7 Å². The van der Waals surface area contributed by atoms with E-state index >= 15 is 0 Å². The third-order valence-corrected chi connectivity index (χ3v) is 5.10. The Bertz CT molecular complexity index is 935. The first-order valence-corrected chi connectivity index (χ1v) is 10.7. The van der Waals surface area contributed by atoms with Crippen molar-refractivity contribution in [1.82, 2.24) is 21.1 Å². The lowest BCUT2D eigenvalue weighted by Crippen LogP contribution is -2.47. The van der Waals surface area contributed by atoms with Gasteiger partial charge in [-0.25, -0.2) is 4.39 Å². The summed E-state index contributed by atoms with van der Waals surface area (Å²) in [4.78, 5) is 26.8. The predicted octanol–water partition coefficient (Wildman–Crippen LogP) is 1.91. The lowest BCUT2D eigenvalue weighted by molar-refractivity contribution is 0.0376. The number of morpholine rings is 1. The Balaban J connectivity index is 1.37. The van der Waals surface area contributed by atoms with Gasteiger partial charge in [-0.2, -0.15) is 0 Å². The summed E-state index contributed by atoms with van der Waals surface area (Å²) in [6.07, 6.45) is 0.926. The lowest BCUT2D eigenvalue weighted by atomic mass is 10.1. The van der Waals surface area contributed by atoms with Gasteiger partial charge in [0.25, 0.3) is 11.8 Å². The fourth-order valence-electron chi connectivity index (χ4n) is 3.11. The van der Waals surface area contributed by atoms with E-state index < -0.39 is 11.7 Å². The van der Waals surface area contributed by atoms with Gasteiger partial charge in [0.1, 0.15) is 5.82 Å². The maximum Gasteiger partial charge on any atom is 0.269 e. The van der Waals surface area contributed by atoms with Crippen LogP contribution in [0.3, 0.4) is 0 Å². The Labute approximate surface area is 191 Å². The molecule has 0 spiro atoms. The highest BCUT2D eigenvalue weighted by molar-refractivity contribution is 7.80. The maximum atomic E-state index is 13.7. The number of carbonyl (C=O) groups is 2. The van der Waals surface area contributed by atoms with Crippen LogP contribution in [0.2, 0.25) is 0 Å². The quantitative estimate of drug-likeness (QED) is 0.285. The molecule has 10 heteroatoms. The molecule has 8 nitrogen and oxygen atoms in total. The molecule has 0 aromatic heterocycles. The summed E-state index contributed by atoms with van der Waals surface area (Å²) in [5, 5.41) is 5.98. The van der Waals surface area contributed by atoms with E-state index in [0.29, 0.717) is 22.9 Å². The summed E-state index contributed by atoms with van der Waals surface area (Å²) in [7, 11) is 0. The number of nitrogens with zero attached hydrogens (tertiary/aromatic N) is 1. The van der Waals surface area contributed by atoms with Gasteiger partial charge in [-0.1, -0.05) is 12.1 Å². The topological polar surface area (TPSA) is 94.7 Å². The van der Waals surface area contributed by atoms with Gasteiger partial charge >= 0.3 is 0 Å². The SMILES string of the molecule is O=C(NNC(=S)NCCCN1CCOCC1)c1ccc(NC(=O)c2ccccc2F)cc1. The number of anilines is 1. The molecule has 0 saturated carbocycles. The van der Waals surface area contributed by atoms with E-state index in [1.165, 1.54) is 18.2 Å². The highest BCUT2D eigenvalue weighted by Gasteiger charge is 2.12. The summed E-state index contributed by atoms with van der Waals surface area (Å²) < 4.78 is 19.0. The number of halogens is 1. The van der Waals surface area contributed by atoms with Crippen molar-refractivity contribution in [2.45, 2.75) is 6.42 Å². The van der Waals surface area contributed by atoms with Crippen LogP contribution in [0.5, 0.6) is 0 Å². The van der Waals surface area contributed by atoms with Crippen molar-refractivity contribution in [3.8, 4) is 0 Å². The van der Waals surface area contributed by atoms with E-state index in [9.17, 15) is 14.0 Å². The molecule has 2 aromatic rings. The zero-order chi connectivity index (χ0) is 22.8. The average Bonchev–Trinajstić information content (AvgIpc) is 2.81. The Morgan fingerprint density at radius 2 is 1.72 bits per heavy atom. The number of thiocarbonyl (C=S) groups is 1. The molecular formula is C22H26FN5O3S. The van der Waals surface area contributed by atoms with Gasteiger partial charge in [0.15, 0.2) is 5.11 Å². The minimum atomic E-state index is -0.599. The number of carbonyl (C=O) groups excluding carboxylic acids is 2. The highest BCUT2D eigenvalue weighted by Crippen LogP contribution is 2.13. The van der Waals surface area contributed by atoms with E-state index in [4.69, 9.17) is 17.0 Å². The number of hydrogen-bond acceptors (Lipinski definition) is 5. The summed E-state index contributed by atoms with van der Waals surface area (Å²) in [6.45, 7) is 5.10. The second-order valence-corrected chi connectivity index (χ2v) is 7.56. The largest absolute Gasteiger partial charge is 0.379 e. The van der Waals surface area contributed by atoms with Crippen LogP contribution in [0.15, 0.2) is 48.5 Å². The van der Waals surface area contributed by atoms with E-state index in [0.717, 1.165) is 39.3 Å². The van der Waals surface area contributed by atoms with Crippen LogP contribution < -0.4 is 21.5 Å². The van der Waals surface area contributed by atoms with Crippen LogP contribution in [-0.4, -0.2) is 61.2 Å². The van der Waals surface area contributed by atoms with E-state index in [1.807, 2.05) is 0 Å². The molecule has 4 N–H and O–H groups in total. The number of hydrogen-bond donors (Lipinski definition) is 4. The van der Waals surface area contributed by atoms with E-state index in [2.05, 4.69) is 26.4 Å². The number of amides is 2. The van der Waals surface area contributed by atoms with Crippen molar-refractivity contribution in [1.29, 1.82) is 0 Å². The van der Waals surface area contributed by atoms with Crippen LogP contribution in [-0.2, 0) is 4.74 Å². The smallest absolute Gasteiger partial charge is 0.269 e. The van der Waals surface area contributed by atoms with Crippen LogP contribution in [0.4, 0.5) is 10.1 Å². The molecule has 0 aliphatic carbocycles. The standard InChI is InChI=1S/C22H26FN5O3S/c23-19-5-2-1-4-18(19)21(30)25-17-8-6-16(7-9-17)20(29)26-27-22(32)24-10-3-11-28-12-14-31-15-13-28/h1-2,4-9H,3,10-15H2,(H,25,30)(H,26,29)(H2,24,27,32). The molecule has 2 aromatic carbocycles. The second-order valence-electron chi connectivity index (χ2n) is 7.15. The third-order valence-electron chi connectivity index (χ3n) is 4.85. The fraction of sp³-hybridized carbons (Fsp3) is 0.318. The molecule has 0 atom stereocenters. The molecule has 1 saturated heterocycles. The van der Waals surface area contributed by atoms with E-state index in [-0.39, 0.29) is 11.5 Å². The summed E-state index contributed by atoms with van der Waals surface area (Å²) in [5.41, 5.74) is 5.96. The number of nitrogens with one attached hydrogen (secondary N) is 4. The first-order chi connectivity index (χ1) is 15.5. The molecule has 1 aliphatic rings. The van der Waals surface area contributed by atoms with Crippen molar-refractivity contribution < 1.29 is 18.7 Å².